The van der Waals surface area contributed by atoms with Gasteiger partial charge in [0.2, 0.25) is 5.91 Å². The molecule has 2 atom stereocenters. The Hall–Kier alpha value is -1.66. The van der Waals surface area contributed by atoms with Crippen LogP contribution in [0.1, 0.15) is 309 Å². The van der Waals surface area contributed by atoms with Crippen molar-refractivity contribution in [1.29, 1.82) is 0 Å². The fraction of sp³-hybridized carbons (Fsp3) is 0.897. The lowest BCUT2D eigenvalue weighted by molar-refractivity contribution is -0.143. The number of carbonyl (C=O) groups excluding carboxylic acids is 2. The Morgan fingerprint density at radius 3 is 1.16 bits per heavy atom. The molecule has 0 saturated carbocycles. The molecule has 0 rings (SSSR count). The van der Waals surface area contributed by atoms with Crippen molar-refractivity contribution >= 4 is 11.9 Å². The third-order valence-corrected chi connectivity index (χ3v) is 13.2. The number of hydrogen-bond acceptors (Lipinski definition) is 5. The smallest absolute Gasteiger partial charge is 0.305 e. The Labute approximate surface area is 399 Å². The van der Waals surface area contributed by atoms with Crippen molar-refractivity contribution in [3.63, 3.8) is 0 Å². The van der Waals surface area contributed by atoms with Crippen LogP contribution in [0.25, 0.3) is 0 Å². The molecule has 0 bridgehead atoms. The van der Waals surface area contributed by atoms with E-state index in [1.54, 1.807) is 0 Å². The van der Waals surface area contributed by atoms with E-state index in [9.17, 15) is 19.8 Å². The molecule has 2 unspecified atom stereocenters. The van der Waals surface area contributed by atoms with Gasteiger partial charge in [-0.3, -0.25) is 9.59 Å². The number of amides is 1. The van der Waals surface area contributed by atoms with Crippen LogP contribution in [0, 0.1) is 0 Å². The van der Waals surface area contributed by atoms with Gasteiger partial charge in [-0.1, -0.05) is 250 Å². The minimum atomic E-state index is -0.668. The van der Waals surface area contributed by atoms with Crippen molar-refractivity contribution < 1.29 is 24.5 Å². The van der Waals surface area contributed by atoms with Crippen molar-refractivity contribution in [3.05, 3.63) is 24.3 Å². The van der Waals surface area contributed by atoms with Gasteiger partial charge in [0.25, 0.3) is 0 Å². The second-order valence-electron chi connectivity index (χ2n) is 19.6. The number of rotatable bonds is 53. The van der Waals surface area contributed by atoms with Crippen LogP contribution in [0.15, 0.2) is 24.3 Å². The first-order valence-electron chi connectivity index (χ1n) is 28.6. The molecule has 0 aromatic heterocycles. The van der Waals surface area contributed by atoms with Crippen molar-refractivity contribution in [2.24, 2.45) is 0 Å². The van der Waals surface area contributed by atoms with Crippen LogP contribution in [0.4, 0.5) is 0 Å². The van der Waals surface area contributed by atoms with E-state index in [2.05, 4.69) is 43.5 Å². The Kier molecular flexibility index (Phi) is 52.6. The van der Waals surface area contributed by atoms with Crippen molar-refractivity contribution in [2.45, 2.75) is 321 Å². The lowest BCUT2D eigenvalue weighted by atomic mass is 10.0. The van der Waals surface area contributed by atoms with Gasteiger partial charge in [-0.2, -0.15) is 0 Å². The lowest BCUT2D eigenvalue weighted by Gasteiger charge is -2.22. The van der Waals surface area contributed by atoms with Gasteiger partial charge in [0.15, 0.2) is 0 Å². The maximum absolute atomic E-state index is 12.5. The SMILES string of the molecule is CCCC/C=C\CCCCCCCC(=O)OCCCCCCCCCCCC/C=C\CCCCCCCCCC(=O)NC(CO)C(O)CCCCCCCCCCCCCCCCC. The summed E-state index contributed by atoms with van der Waals surface area (Å²) >= 11 is 0. The molecule has 0 aliphatic carbocycles. The molecule has 6 nitrogen and oxygen atoms in total. The summed E-state index contributed by atoms with van der Waals surface area (Å²) in [6, 6.07) is -0.546. The van der Waals surface area contributed by atoms with Crippen LogP contribution in [0.2, 0.25) is 0 Å². The molecule has 378 valence electrons. The molecule has 0 heterocycles. The third kappa shape index (κ3) is 49.8. The van der Waals surface area contributed by atoms with Gasteiger partial charge in [0.05, 0.1) is 25.4 Å². The molecule has 0 saturated heterocycles. The van der Waals surface area contributed by atoms with Crippen molar-refractivity contribution in [3.8, 4) is 0 Å². The van der Waals surface area contributed by atoms with Crippen LogP contribution in [-0.4, -0.2) is 47.4 Å². The highest BCUT2D eigenvalue weighted by molar-refractivity contribution is 5.76. The second-order valence-corrected chi connectivity index (χ2v) is 19.6. The number of ether oxygens (including phenoxy) is 1. The van der Waals surface area contributed by atoms with Crippen LogP contribution in [0.3, 0.4) is 0 Å². The van der Waals surface area contributed by atoms with E-state index < -0.39 is 12.1 Å². The van der Waals surface area contributed by atoms with Crippen LogP contribution >= 0.6 is 0 Å². The fourth-order valence-electron chi connectivity index (χ4n) is 8.79. The number of allylic oxidation sites excluding steroid dienone is 4. The van der Waals surface area contributed by atoms with E-state index in [0.29, 0.717) is 25.9 Å². The molecule has 64 heavy (non-hydrogen) atoms. The fourth-order valence-corrected chi connectivity index (χ4v) is 8.79. The van der Waals surface area contributed by atoms with E-state index in [0.717, 1.165) is 44.9 Å². The molecular weight excluding hydrogens is 791 g/mol. The number of hydrogen-bond donors (Lipinski definition) is 3. The maximum Gasteiger partial charge on any atom is 0.305 e. The van der Waals surface area contributed by atoms with E-state index in [4.69, 9.17) is 4.74 Å². The quantitative estimate of drug-likeness (QED) is 0.0321. The Balaban J connectivity index is 3.43. The normalized spacial score (nSPS) is 12.8. The first-order valence-corrected chi connectivity index (χ1v) is 28.6. The van der Waals surface area contributed by atoms with E-state index >= 15 is 0 Å². The van der Waals surface area contributed by atoms with Gasteiger partial charge in [-0.25, -0.2) is 0 Å². The highest BCUT2D eigenvalue weighted by Crippen LogP contribution is 2.17. The Morgan fingerprint density at radius 2 is 0.750 bits per heavy atom. The average molecular weight is 903 g/mol. The largest absolute Gasteiger partial charge is 0.466 e. The second kappa shape index (κ2) is 54.0. The van der Waals surface area contributed by atoms with Crippen molar-refractivity contribution in [1.82, 2.24) is 5.32 Å². The Bertz CT molecular complexity index is 997. The molecule has 0 aromatic rings. The zero-order chi connectivity index (χ0) is 46.5. The molecule has 6 heteroatoms. The van der Waals surface area contributed by atoms with Gasteiger partial charge in [-0.05, 0) is 70.6 Å². The molecule has 0 radical (unpaired) electrons. The monoisotopic (exact) mass is 902 g/mol. The first kappa shape index (κ1) is 62.3. The van der Waals surface area contributed by atoms with Gasteiger partial charge >= 0.3 is 5.97 Å². The van der Waals surface area contributed by atoms with Gasteiger partial charge < -0.3 is 20.3 Å². The summed E-state index contributed by atoms with van der Waals surface area (Å²) in [4.78, 5) is 24.4. The number of esters is 1. The predicted octanol–water partition coefficient (Wildman–Crippen LogP) is 17.5. The summed E-state index contributed by atoms with van der Waals surface area (Å²) < 4.78 is 5.45. The summed E-state index contributed by atoms with van der Waals surface area (Å²) in [5, 5.41) is 23.3. The van der Waals surface area contributed by atoms with Crippen LogP contribution < -0.4 is 5.32 Å². The summed E-state index contributed by atoms with van der Waals surface area (Å²) in [6.45, 7) is 4.91. The van der Waals surface area contributed by atoms with Gasteiger partial charge in [0.1, 0.15) is 0 Å². The van der Waals surface area contributed by atoms with Crippen LogP contribution in [-0.2, 0) is 14.3 Å². The van der Waals surface area contributed by atoms with Gasteiger partial charge in [-0.15, -0.1) is 0 Å². The first-order chi connectivity index (χ1) is 31.5. The average Bonchev–Trinajstić information content (AvgIpc) is 3.29. The van der Waals surface area contributed by atoms with Crippen molar-refractivity contribution in [2.75, 3.05) is 13.2 Å². The topological polar surface area (TPSA) is 95.9 Å². The number of carbonyl (C=O) groups is 2. The summed E-state index contributed by atoms with van der Waals surface area (Å²) in [7, 11) is 0. The molecule has 0 fully saturated rings. The highest BCUT2D eigenvalue weighted by Gasteiger charge is 2.20. The van der Waals surface area contributed by atoms with E-state index in [1.165, 1.54) is 231 Å². The number of aliphatic hydroxyl groups is 2. The number of aliphatic hydroxyl groups excluding tert-OH is 2. The molecule has 0 aliphatic heterocycles. The summed E-state index contributed by atoms with van der Waals surface area (Å²) in [5.41, 5.74) is 0. The minimum absolute atomic E-state index is 0.00285. The molecular formula is C58H111NO5. The zero-order valence-electron chi connectivity index (χ0n) is 43.0. The van der Waals surface area contributed by atoms with E-state index in [1.807, 2.05) is 0 Å². The molecule has 0 aromatic carbocycles. The zero-order valence-corrected chi connectivity index (χ0v) is 43.0. The summed E-state index contributed by atoms with van der Waals surface area (Å²) in [5.74, 6) is -0.0445. The third-order valence-electron chi connectivity index (χ3n) is 13.2. The predicted molar refractivity (Wildman–Crippen MR) is 278 cm³/mol. The highest BCUT2D eigenvalue weighted by atomic mass is 16.5. The lowest BCUT2D eigenvalue weighted by Crippen LogP contribution is -2.45. The Morgan fingerprint density at radius 1 is 0.422 bits per heavy atom. The van der Waals surface area contributed by atoms with Crippen LogP contribution in [0.5, 0.6) is 0 Å². The maximum atomic E-state index is 12.5. The molecule has 0 aliphatic rings. The minimum Gasteiger partial charge on any atom is -0.466 e. The summed E-state index contributed by atoms with van der Waals surface area (Å²) in [6.07, 6.45) is 64.5. The standard InChI is InChI=1S/C58H111NO5/c1-3-5-7-9-11-13-15-16-24-27-31-34-38-42-46-50-56(61)55(54-60)59-57(62)51-47-43-39-35-32-28-25-22-20-18-17-19-21-23-26-29-33-37-41-45-49-53-64-58(63)52-48-44-40-36-30-14-12-10-8-6-4-2/h10,12,18,20,55-56,60-61H,3-9,11,13-17,19,21-54H2,1-2H3,(H,59,62)/b12-10-,20-18-. The number of nitrogens with one attached hydrogen (secondary N) is 1. The molecule has 3 N–H and O–H groups in total. The molecule has 0 spiro atoms. The van der Waals surface area contributed by atoms with Gasteiger partial charge in [0, 0.05) is 12.8 Å². The molecule has 1 amide bonds. The number of unbranched alkanes of at least 4 members (excludes halogenated alkanes) is 38. The van der Waals surface area contributed by atoms with E-state index in [-0.39, 0.29) is 18.5 Å².